The number of nitrogens with one attached hydrogen (secondary N) is 1. The van der Waals surface area contributed by atoms with Gasteiger partial charge in [-0.1, -0.05) is 5.92 Å². The van der Waals surface area contributed by atoms with Crippen LogP contribution in [0, 0.1) is 12.3 Å². The number of halogens is 3. The first-order chi connectivity index (χ1) is 13.0. The van der Waals surface area contributed by atoms with E-state index < -0.39 is 18.1 Å². The number of ether oxygens (including phenoxy) is 2. The van der Waals surface area contributed by atoms with Gasteiger partial charge in [0.05, 0.1) is 12.7 Å². The Morgan fingerprint density at radius 2 is 2.04 bits per heavy atom. The maximum Gasteiger partial charge on any atom is 0.573 e. The van der Waals surface area contributed by atoms with Crippen molar-refractivity contribution >= 4 is 6.09 Å². The van der Waals surface area contributed by atoms with E-state index in [1.807, 2.05) is 0 Å². The van der Waals surface area contributed by atoms with E-state index in [1.54, 1.807) is 20.8 Å². The summed E-state index contributed by atoms with van der Waals surface area (Å²) in [5, 5.41) is 6.67. The topological polar surface area (TPSA) is 65.4 Å². The zero-order valence-corrected chi connectivity index (χ0v) is 15.6. The number of aromatic nitrogens is 2. The van der Waals surface area contributed by atoms with Gasteiger partial charge in [0.15, 0.2) is 0 Å². The van der Waals surface area contributed by atoms with Gasteiger partial charge in [-0.3, -0.25) is 4.68 Å². The molecule has 1 aromatic heterocycles. The van der Waals surface area contributed by atoms with Gasteiger partial charge in [0.1, 0.15) is 11.4 Å². The zero-order valence-electron chi connectivity index (χ0n) is 15.6. The van der Waals surface area contributed by atoms with Crippen molar-refractivity contribution in [1.82, 2.24) is 15.1 Å². The van der Waals surface area contributed by atoms with Crippen molar-refractivity contribution < 1.29 is 27.4 Å². The van der Waals surface area contributed by atoms with Crippen LogP contribution in [0.5, 0.6) is 5.75 Å². The number of hydrogen-bond donors (Lipinski definition) is 1. The first-order valence-corrected chi connectivity index (χ1v) is 8.33. The van der Waals surface area contributed by atoms with Crippen molar-refractivity contribution in [3.8, 4) is 29.2 Å². The fourth-order valence-electron chi connectivity index (χ4n) is 2.27. The molecule has 0 saturated carbocycles. The highest BCUT2D eigenvalue weighted by molar-refractivity contribution is 5.71. The molecular formula is C19H20F3N3O3. The summed E-state index contributed by atoms with van der Waals surface area (Å²) in [7, 11) is 0. The van der Waals surface area contributed by atoms with Crippen LogP contribution in [0.15, 0.2) is 30.6 Å². The number of terminal acetylenes is 1. The Morgan fingerprint density at radius 3 is 2.64 bits per heavy atom. The van der Waals surface area contributed by atoms with Crippen LogP contribution in [-0.2, 0) is 11.3 Å². The molecular weight excluding hydrogens is 375 g/mol. The van der Waals surface area contributed by atoms with Crippen LogP contribution < -0.4 is 10.1 Å². The van der Waals surface area contributed by atoms with Gasteiger partial charge in [-0.25, -0.2) is 4.79 Å². The summed E-state index contributed by atoms with van der Waals surface area (Å²) >= 11 is 0. The van der Waals surface area contributed by atoms with Gasteiger partial charge in [-0.05, 0) is 39.0 Å². The molecule has 1 heterocycles. The zero-order chi connectivity index (χ0) is 20.9. The molecule has 0 atom stereocenters. The molecule has 2 aromatic rings. The van der Waals surface area contributed by atoms with Gasteiger partial charge in [-0.15, -0.1) is 19.6 Å². The summed E-state index contributed by atoms with van der Waals surface area (Å²) in [5.41, 5.74) is 0.358. The Morgan fingerprint density at radius 1 is 1.32 bits per heavy atom. The number of carbonyl (C=O) groups is 1. The van der Waals surface area contributed by atoms with Crippen molar-refractivity contribution in [3.05, 3.63) is 36.2 Å². The molecule has 0 aliphatic rings. The van der Waals surface area contributed by atoms with Crippen molar-refractivity contribution in [2.24, 2.45) is 0 Å². The highest BCUT2D eigenvalue weighted by Crippen LogP contribution is 2.34. The number of alkyl carbamates (subject to hydrolysis) is 1. The lowest BCUT2D eigenvalue weighted by atomic mass is 10.1. The average molecular weight is 395 g/mol. The monoisotopic (exact) mass is 395 g/mol. The molecule has 0 bridgehead atoms. The Bertz CT molecular complexity index is 877. The maximum atomic E-state index is 12.6. The lowest BCUT2D eigenvalue weighted by Gasteiger charge is -2.19. The summed E-state index contributed by atoms with van der Waals surface area (Å²) in [6.07, 6.45) is 2.86. The summed E-state index contributed by atoms with van der Waals surface area (Å²) < 4.78 is 48.6. The van der Waals surface area contributed by atoms with Gasteiger partial charge in [0.2, 0.25) is 0 Å². The molecule has 0 saturated heterocycles. The second kappa shape index (κ2) is 8.25. The molecule has 0 aliphatic carbocycles. The van der Waals surface area contributed by atoms with Crippen LogP contribution in [0.3, 0.4) is 0 Å². The van der Waals surface area contributed by atoms with Gasteiger partial charge in [0.25, 0.3) is 0 Å². The van der Waals surface area contributed by atoms with Crippen molar-refractivity contribution in [2.75, 3.05) is 6.54 Å². The Hall–Kier alpha value is -3.15. The summed E-state index contributed by atoms with van der Waals surface area (Å²) in [5.74, 6) is 2.00. The fraction of sp³-hybridized carbons (Fsp3) is 0.368. The fourth-order valence-corrected chi connectivity index (χ4v) is 2.27. The number of benzene rings is 1. The van der Waals surface area contributed by atoms with E-state index in [0.717, 1.165) is 0 Å². The van der Waals surface area contributed by atoms with Crippen LogP contribution in [-0.4, -0.2) is 34.4 Å². The molecule has 0 spiro atoms. The smallest absolute Gasteiger partial charge is 0.444 e. The van der Waals surface area contributed by atoms with Gasteiger partial charge in [-0.2, -0.15) is 5.10 Å². The van der Waals surface area contributed by atoms with Crippen LogP contribution in [0.1, 0.15) is 26.3 Å². The Kier molecular flexibility index (Phi) is 6.23. The lowest BCUT2D eigenvalue weighted by molar-refractivity contribution is -0.274. The first-order valence-electron chi connectivity index (χ1n) is 8.33. The minimum absolute atomic E-state index is 0.166. The van der Waals surface area contributed by atoms with Crippen LogP contribution in [0.2, 0.25) is 0 Å². The van der Waals surface area contributed by atoms with Gasteiger partial charge < -0.3 is 14.8 Å². The van der Waals surface area contributed by atoms with E-state index in [9.17, 15) is 18.0 Å². The minimum atomic E-state index is -4.83. The SMILES string of the molecule is C#Cc1ccc(OC(F)(F)F)c(-c2cnn(CCNC(=O)OC(C)(C)C)c2)c1. The maximum absolute atomic E-state index is 12.6. The van der Waals surface area contributed by atoms with Crippen molar-refractivity contribution in [2.45, 2.75) is 39.3 Å². The second-order valence-corrected chi connectivity index (χ2v) is 6.82. The third-order valence-corrected chi connectivity index (χ3v) is 3.33. The summed E-state index contributed by atoms with van der Waals surface area (Å²) in [6.45, 7) is 5.77. The molecule has 1 aromatic carbocycles. The Labute approximate surface area is 160 Å². The number of amides is 1. The molecule has 28 heavy (non-hydrogen) atoms. The van der Waals surface area contributed by atoms with E-state index in [4.69, 9.17) is 11.2 Å². The highest BCUT2D eigenvalue weighted by atomic mass is 19.4. The van der Waals surface area contributed by atoms with Crippen LogP contribution >= 0.6 is 0 Å². The number of rotatable bonds is 5. The third-order valence-electron chi connectivity index (χ3n) is 3.33. The molecule has 9 heteroatoms. The second-order valence-electron chi connectivity index (χ2n) is 6.82. The van der Waals surface area contributed by atoms with E-state index in [0.29, 0.717) is 17.7 Å². The van der Waals surface area contributed by atoms with E-state index in [-0.39, 0.29) is 17.9 Å². The van der Waals surface area contributed by atoms with E-state index in [1.165, 1.54) is 35.3 Å². The van der Waals surface area contributed by atoms with Crippen LogP contribution in [0.25, 0.3) is 11.1 Å². The van der Waals surface area contributed by atoms with Gasteiger partial charge in [0, 0.05) is 29.4 Å². The number of carbonyl (C=O) groups excluding carboxylic acids is 1. The average Bonchev–Trinajstić information content (AvgIpc) is 3.00. The summed E-state index contributed by atoms with van der Waals surface area (Å²) in [6, 6.07) is 3.94. The molecule has 150 valence electrons. The first kappa shape index (κ1) is 21.2. The molecule has 1 amide bonds. The highest BCUT2D eigenvalue weighted by Gasteiger charge is 2.32. The normalized spacial score (nSPS) is 11.6. The molecule has 0 fully saturated rings. The molecule has 1 N–H and O–H groups in total. The quantitative estimate of drug-likeness (QED) is 0.779. The van der Waals surface area contributed by atoms with Crippen LogP contribution in [0.4, 0.5) is 18.0 Å². The lowest BCUT2D eigenvalue weighted by Crippen LogP contribution is -2.34. The Balaban J connectivity index is 2.11. The predicted molar refractivity (Wildman–Crippen MR) is 96.5 cm³/mol. The molecule has 2 rings (SSSR count). The molecule has 0 radical (unpaired) electrons. The third kappa shape index (κ3) is 6.54. The predicted octanol–water partition coefficient (Wildman–Crippen LogP) is 3.95. The number of nitrogens with zero attached hydrogens (tertiary/aromatic N) is 2. The standard InChI is InChI=1S/C19H20F3N3O3/c1-5-13-6-7-16(27-19(20,21)22)15(10-13)14-11-24-25(12-14)9-8-23-17(26)28-18(2,3)4/h1,6-7,10-12H,8-9H2,2-4H3,(H,23,26). The number of alkyl halides is 3. The van der Waals surface area contributed by atoms with Gasteiger partial charge >= 0.3 is 12.5 Å². The van der Waals surface area contributed by atoms with E-state index in [2.05, 4.69) is 21.1 Å². The number of hydrogen-bond acceptors (Lipinski definition) is 4. The molecule has 6 nitrogen and oxygen atoms in total. The summed E-state index contributed by atoms with van der Waals surface area (Å²) in [4.78, 5) is 11.6. The van der Waals surface area contributed by atoms with Crippen molar-refractivity contribution in [1.29, 1.82) is 0 Å². The minimum Gasteiger partial charge on any atom is -0.444 e. The van der Waals surface area contributed by atoms with Crippen molar-refractivity contribution in [3.63, 3.8) is 0 Å². The van der Waals surface area contributed by atoms with E-state index >= 15 is 0 Å². The molecule has 0 aliphatic heterocycles. The largest absolute Gasteiger partial charge is 0.573 e. The molecule has 0 unspecified atom stereocenters.